The maximum atomic E-state index is 9.50. The monoisotopic (exact) mass is 145 g/mol. The zero-order valence-corrected chi connectivity index (χ0v) is 5.29. The molecule has 0 aliphatic rings. The van der Waals surface area contributed by atoms with Crippen LogP contribution < -0.4 is 5.84 Å². The van der Waals surface area contributed by atoms with Crippen molar-refractivity contribution < 1.29 is 8.76 Å². The van der Waals surface area contributed by atoms with Crippen molar-refractivity contribution in [1.82, 2.24) is 4.41 Å². The van der Waals surface area contributed by atoms with Gasteiger partial charge in [0, 0.05) is 18.3 Å². The molecule has 0 spiro atoms. The van der Waals surface area contributed by atoms with Gasteiger partial charge in [0.25, 0.3) is 0 Å². The molecule has 0 bridgehead atoms. The van der Waals surface area contributed by atoms with Gasteiger partial charge in [0.1, 0.15) is 0 Å². The summed E-state index contributed by atoms with van der Waals surface area (Å²) >= 11 is -2.26. The van der Waals surface area contributed by atoms with Crippen molar-refractivity contribution in [3.05, 3.63) is 0 Å². The van der Waals surface area contributed by atoms with E-state index < -0.39 is 11.3 Å². The van der Waals surface area contributed by atoms with Gasteiger partial charge < -0.3 is 4.55 Å². The van der Waals surface area contributed by atoms with Crippen molar-refractivity contribution in [2.45, 2.75) is 0 Å². The summed E-state index contributed by atoms with van der Waals surface area (Å²) in [5.41, 5.74) is 0. The molecule has 0 aromatic heterocycles. The van der Waals surface area contributed by atoms with Crippen LogP contribution in [0.3, 0.4) is 0 Å². The Hall–Kier alpha value is 0.320. The molecule has 0 saturated heterocycles. The number of nitrogens with zero attached hydrogens (tertiary/aromatic N) is 1. The van der Waals surface area contributed by atoms with Crippen molar-refractivity contribution in [3.8, 4) is 0 Å². The van der Waals surface area contributed by atoms with Gasteiger partial charge in [-0.25, -0.2) is 0 Å². The average Bonchev–Trinajstić information content (AvgIpc) is 1.36. The predicted octanol–water partition coefficient (Wildman–Crippen LogP) is -0.992. The number of rotatable bonds is 1. The van der Waals surface area contributed by atoms with E-state index in [-0.39, 0.29) is 12.4 Å². The third-order valence-electron chi connectivity index (χ3n) is 0.235. The Morgan fingerprint density at radius 2 is 2.00 bits per heavy atom. The van der Waals surface area contributed by atoms with E-state index in [1.165, 1.54) is 7.05 Å². The molecule has 0 aromatic rings. The fourth-order valence-corrected chi connectivity index (χ4v) is 0. The minimum atomic E-state index is -2.26. The molecular formula is CH6ClN2O2S-. The quantitative estimate of drug-likeness (QED) is 0.293. The molecular weight excluding hydrogens is 140 g/mol. The first-order chi connectivity index (χ1) is 2.64. The lowest BCUT2D eigenvalue weighted by Crippen LogP contribution is -2.27. The lowest BCUT2D eigenvalue weighted by atomic mass is 11.5. The molecule has 6 heteroatoms. The van der Waals surface area contributed by atoms with Gasteiger partial charge in [-0.15, -0.1) is 12.4 Å². The van der Waals surface area contributed by atoms with E-state index in [2.05, 4.69) is 5.84 Å². The summed E-state index contributed by atoms with van der Waals surface area (Å²) in [6, 6.07) is 0. The zero-order valence-electron chi connectivity index (χ0n) is 3.66. The van der Waals surface area contributed by atoms with Gasteiger partial charge in [-0.3, -0.25) is 10.1 Å². The normalized spacial score (nSPS) is 13.1. The molecule has 7 heavy (non-hydrogen) atoms. The van der Waals surface area contributed by atoms with Crippen LogP contribution in [-0.2, 0) is 11.3 Å². The first-order valence-corrected chi connectivity index (χ1v) is 2.25. The third kappa shape index (κ3) is 6.32. The standard InChI is InChI=1S/CH6N2O2S.ClH/c1-3(2)6(4)5;/h2H2,1H3,(H,4,5);1H/p-1. The highest BCUT2D eigenvalue weighted by Gasteiger charge is 1.78. The van der Waals surface area contributed by atoms with Crippen LogP contribution in [0.15, 0.2) is 0 Å². The molecule has 0 saturated carbocycles. The fraction of sp³-hybridized carbons (Fsp3) is 1.00. The number of halogens is 1. The maximum Gasteiger partial charge on any atom is 0.0348 e. The Morgan fingerprint density at radius 1 is 1.86 bits per heavy atom. The number of hydrazine groups is 1. The molecule has 4 nitrogen and oxygen atoms in total. The molecule has 1 atom stereocenters. The van der Waals surface area contributed by atoms with Gasteiger partial charge in [-0.2, -0.15) is 4.41 Å². The van der Waals surface area contributed by atoms with Crippen LogP contribution in [0, 0.1) is 0 Å². The number of hydrogen-bond donors (Lipinski definition) is 1. The van der Waals surface area contributed by atoms with E-state index in [0.29, 0.717) is 4.41 Å². The topological polar surface area (TPSA) is 69.4 Å². The van der Waals surface area contributed by atoms with Crippen LogP contribution in [-0.4, -0.2) is 20.2 Å². The van der Waals surface area contributed by atoms with Gasteiger partial charge in [0.2, 0.25) is 0 Å². The van der Waals surface area contributed by atoms with Crippen molar-refractivity contribution in [1.29, 1.82) is 0 Å². The van der Waals surface area contributed by atoms with E-state index >= 15 is 0 Å². The van der Waals surface area contributed by atoms with Crippen LogP contribution in [0.4, 0.5) is 0 Å². The Labute approximate surface area is 50.5 Å². The van der Waals surface area contributed by atoms with Gasteiger partial charge >= 0.3 is 0 Å². The largest absolute Gasteiger partial charge is 0.759 e. The highest BCUT2D eigenvalue weighted by atomic mass is 35.5. The molecule has 0 rings (SSSR count). The highest BCUT2D eigenvalue weighted by Crippen LogP contribution is 1.67. The zero-order chi connectivity index (χ0) is 5.15. The molecule has 0 aromatic carbocycles. The predicted molar refractivity (Wildman–Crippen MR) is 28.1 cm³/mol. The Bertz CT molecular complexity index is 66.7. The minimum Gasteiger partial charge on any atom is -0.759 e. The van der Waals surface area contributed by atoms with Gasteiger partial charge in [0.05, 0.1) is 0 Å². The number of hydrogen-bond acceptors (Lipinski definition) is 3. The van der Waals surface area contributed by atoms with Crippen LogP contribution in [0.25, 0.3) is 0 Å². The van der Waals surface area contributed by atoms with E-state index in [0.717, 1.165) is 0 Å². The van der Waals surface area contributed by atoms with E-state index in [1.807, 2.05) is 0 Å². The first-order valence-electron chi connectivity index (χ1n) is 1.22. The van der Waals surface area contributed by atoms with E-state index in [1.54, 1.807) is 0 Å². The second kappa shape index (κ2) is 4.48. The molecule has 0 aliphatic heterocycles. The second-order valence-electron chi connectivity index (χ2n) is 0.763. The molecule has 0 fully saturated rings. The average molecular weight is 146 g/mol. The molecule has 0 aliphatic carbocycles. The lowest BCUT2D eigenvalue weighted by molar-refractivity contribution is 0.445. The summed E-state index contributed by atoms with van der Waals surface area (Å²) < 4.78 is 19.6. The summed E-state index contributed by atoms with van der Waals surface area (Å²) in [6.45, 7) is 0. The lowest BCUT2D eigenvalue weighted by Gasteiger charge is -2.10. The summed E-state index contributed by atoms with van der Waals surface area (Å²) in [6.07, 6.45) is 0. The molecule has 2 N–H and O–H groups in total. The van der Waals surface area contributed by atoms with Crippen molar-refractivity contribution in [3.63, 3.8) is 0 Å². The highest BCUT2D eigenvalue weighted by molar-refractivity contribution is 7.76. The molecule has 46 valence electrons. The summed E-state index contributed by atoms with van der Waals surface area (Å²) in [4.78, 5) is 0. The summed E-state index contributed by atoms with van der Waals surface area (Å²) in [5, 5.41) is 0. The second-order valence-corrected chi connectivity index (χ2v) is 1.77. The maximum absolute atomic E-state index is 9.50. The molecule has 0 heterocycles. The summed E-state index contributed by atoms with van der Waals surface area (Å²) in [5.74, 6) is 4.66. The molecule has 1 unspecified atom stereocenters. The Kier molecular flexibility index (Phi) is 6.61. The SMILES string of the molecule is CN(N)S(=O)[O-].Cl. The van der Waals surface area contributed by atoms with Crippen LogP contribution >= 0.6 is 12.4 Å². The fourth-order valence-electron chi connectivity index (χ4n) is 0. The van der Waals surface area contributed by atoms with Crippen molar-refractivity contribution in [2.75, 3.05) is 7.05 Å². The van der Waals surface area contributed by atoms with E-state index in [9.17, 15) is 8.76 Å². The van der Waals surface area contributed by atoms with Crippen molar-refractivity contribution >= 4 is 23.7 Å². The van der Waals surface area contributed by atoms with Gasteiger partial charge in [0.15, 0.2) is 0 Å². The smallest absolute Gasteiger partial charge is 0.0348 e. The Balaban J connectivity index is 0. The van der Waals surface area contributed by atoms with Crippen LogP contribution in [0.2, 0.25) is 0 Å². The van der Waals surface area contributed by atoms with Crippen LogP contribution in [0.5, 0.6) is 0 Å². The molecule has 0 amide bonds. The van der Waals surface area contributed by atoms with Crippen molar-refractivity contribution in [2.24, 2.45) is 5.84 Å². The number of nitrogens with two attached hydrogens (primary N) is 1. The first kappa shape index (κ1) is 10.3. The van der Waals surface area contributed by atoms with Gasteiger partial charge in [-0.1, -0.05) is 0 Å². The molecule has 0 radical (unpaired) electrons. The Morgan fingerprint density at radius 3 is 2.00 bits per heavy atom. The summed E-state index contributed by atoms with van der Waals surface area (Å²) in [7, 11) is 1.24. The van der Waals surface area contributed by atoms with E-state index in [4.69, 9.17) is 0 Å². The minimum absolute atomic E-state index is 0. The van der Waals surface area contributed by atoms with Gasteiger partial charge in [-0.05, 0) is 0 Å². The third-order valence-corrected chi connectivity index (χ3v) is 0.705. The van der Waals surface area contributed by atoms with Crippen LogP contribution in [0.1, 0.15) is 0 Å².